The molecule has 0 unspecified atom stereocenters. The molecule has 0 bridgehead atoms. The third-order valence-electron chi connectivity index (χ3n) is 3.36. The minimum Gasteiger partial charge on any atom is -0.493 e. The van der Waals surface area contributed by atoms with Crippen LogP contribution in [0.4, 0.5) is 5.69 Å². The van der Waals surface area contributed by atoms with Gasteiger partial charge in [-0.2, -0.15) is 10.5 Å². The van der Waals surface area contributed by atoms with Crippen molar-refractivity contribution in [2.45, 2.75) is 0 Å². The number of hydrogen-bond acceptors (Lipinski definition) is 5. The summed E-state index contributed by atoms with van der Waals surface area (Å²) >= 11 is 9.38. The Labute approximate surface area is 169 Å². The number of benzene rings is 2. The smallest absolute Gasteiger partial charge is 0.266 e. The first-order valence-corrected chi connectivity index (χ1v) is 8.72. The number of rotatable bonds is 6. The maximum absolute atomic E-state index is 12.4. The van der Waals surface area contributed by atoms with Crippen molar-refractivity contribution in [1.82, 2.24) is 0 Å². The zero-order chi connectivity index (χ0) is 19.8. The summed E-state index contributed by atoms with van der Waals surface area (Å²) in [6, 6.07) is 13.7. The van der Waals surface area contributed by atoms with Crippen LogP contribution in [0.3, 0.4) is 0 Å². The summed E-state index contributed by atoms with van der Waals surface area (Å²) < 4.78 is 11.1. The summed E-state index contributed by atoms with van der Waals surface area (Å²) in [5, 5.41) is 21.0. The van der Waals surface area contributed by atoms with Crippen LogP contribution >= 0.6 is 27.5 Å². The molecule has 2 rings (SSSR count). The van der Waals surface area contributed by atoms with Gasteiger partial charge < -0.3 is 14.8 Å². The molecule has 8 heteroatoms. The van der Waals surface area contributed by atoms with Crippen molar-refractivity contribution in [1.29, 1.82) is 10.5 Å². The Morgan fingerprint density at radius 1 is 1.30 bits per heavy atom. The van der Waals surface area contributed by atoms with Crippen LogP contribution < -0.4 is 14.8 Å². The quantitative estimate of drug-likeness (QED) is 0.518. The molecule has 0 spiro atoms. The molecule has 1 amide bonds. The van der Waals surface area contributed by atoms with Gasteiger partial charge in [0.05, 0.1) is 17.8 Å². The highest BCUT2D eigenvalue weighted by atomic mass is 79.9. The Bertz CT molecular complexity index is 977. The molecule has 27 heavy (non-hydrogen) atoms. The molecule has 0 aromatic heterocycles. The van der Waals surface area contributed by atoms with E-state index < -0.39 is 5.91 Å². The zero-order valence-corrected chi connectivity index (χ0v) is 16.5. The standard InChI is InChI=1S/C19H13BrClN3O3/c1-26-17-9-12(14(20)10-18(17)27-7-6-22)8-13(11-23)19(25)24-16-5-3-2-4-15(16)21/h2-5,8-10H,7H2,1H3,(H,24,25)/b13-8+. The normalized spacial score (nSPS) is 10.5. The number of amides is 1. The van der Waals surface area contributed by atoms with Gasteiger partial charge in [-0.25, -0.2) is 0 Å². The van der Waals surface area contributed by atoms with Gasteiger partial charge in [0.2, 0.25) is 0 Å². The number of anilines is 1. The molecule has 0 atom stereocenters. The second-order valence-electron chi connectivity index (χ2n) is 5.08. The average Bonchev–Trinajstić information content (AvgIpc) is 2.67. The molecule has 0 heterocycles. The van der Waals surface area contributed by atoms with Crippen LogP contribution in [0.5, 0.6) is 11.5 Å². The van der Waals surface area contributed by atoms with E-state index in [-0.39, 0.29) is 12.2 Å². The number of carbonyl (C=O) groups excluding carboxylic acids is 1. The van der Waals surface area contributed by atoms with Crippen LogP contribution in [0.2, 0.25) is 5.02 Å². The fourth-order valence-corrected chi connectivity index (χ4v) is 2.72. The van der Waals surface area contributed by atoms with Crippen molar-refractivity contribution in [3.05, 3.63) is 57.0 Å². The Balaban J connectivity index is 2.34. The third kappa shape index (κ3) is 5.24. The number of para-hydroxylation sites is 1. The zero-order valence-electron chi connectivity index (χ0n) is 14.1. The van der Waals surface area contributed by atoms with Gasteiger partial charge in [-0.3, -0.25) is 4.79 Å². The Morgan fingerprint density at radius 3 is 2.67 bits per heavy atom. The van der Waals surface area contributed by atoms with Gasteiger partial charge in [0.1, 0.15) is 17.7 Å². The lowest BCUT2D eigenvalue weighted by Gasteiger charge is -2.11. The lowest BCUT2D eigenvalue weighted by molar-refractivity contribution is -0.112. The van der Waals surface area contributed by atoms with Gasteiger partial charge in [-0.05, 0) is 35.9 Å². The molecule has 1 N–H and O–H groups in total. The lowest BCUT2D eigenvalue weighted by atomic mass is 10.1. The molecule has 0 radical (unpaired) electrons. The van der Waals surface area contributed by atoms with E-state index in [9.17, 15) is 10.1 Å². The number of nitrogens with one attached hydrogen (secondary N) is 1. The second-order valence-corrected chi connectivity index (χ2v) is 6.34. The molecule has 136 valence electrons. The fourth-order valence-electron chi connectivity index (χ4n) is 2.10. The van der Waals surface area contributed by atoms with Gasteiger partial charge in [0.15, 0.2) is 18.1 Å². The van der Waals surface area contributed by atoms with Crippen molar-refractivity contribution in [3.63, 3.8) is 0 Å². The van der Waals surface area contributed by atoms with Gasteiger partial charge in [0.25, 0.3) is 5.91 Å². The first-order chi connectivity index (χ1) is 13.0. The number of ether oxygens (including phenoxy) is 2. The SMILES string of the molecule is COc1cc(/C=C(\C#N)C(=O)Nc2ccccc2Cl)c(Br)cc1OCC#N. The number of nitriles is 2. The van der Waals surface area contributed by atoms with E-state index in [4.69, 9.17) is 26.3 Å². The van der Waals surface area contributed by atoms with Crippen molar-refractivity contribution >= 4 is 45.2 Å². The number of nitrogens with zero attached hydrogens (tertiary/aromatic N) is 2. The van der Waals surface area contributed by atoms with Crippen molar-refractivity contribution in [3.8, 4) is 23.6 Å². The van der Waals surface area contributed by atoms with Crippen LogP contribution in [-0.2, 0) is 4.79 Å². The summed E-state index contributed by atoms with van der Waals surface area (Å²) in [6.07, 6.45) is 1.41. The second kappa shape index (κ2) is 9.63. The van der Waals surface area contributed by atoms with E-state index in [1.807, 2.05) is 12.1 Å². The Kier molecular flexibility index (Phi) is 7.25. The number of methoxy groups -OCH3 is 1. The largest absolute Gasteiger partial charge is 0.493 e. The Hall–Kier alpha value is -3.00. The van der Waals surface area contributed by atoms with Crippen molar-refractivity contribution < 1.29 is 14.3 Å². The first-order valence-electron chi connectivity index (χ1n) is 7.55. The van der Waals surface area contributed by atoms with Crippen LogP contribution in [0.1, 0.15) is 5.56 Å². The maximum atomic E-state index is 12.4. The molecular weight excluding hydrogens is 434 g/mol. The van der Waals surface area contributed by atoms with E-state index in [0.717, 1.165) is 0 Å². The maximum Gasteiger partial charge on any atom is 0.266 e. The highest BCUT2D eigenvalue weighted by Gasteiger charge is 2.14. The number of halogens is 2. The molecular formula is C19H13BrClN3O3. The van der Waals surface area contributed by atoms with Gasteiger partial charge in [-0.15, -0.1) is 0 Å². The molecule has 6 nitrogen and oxygen atoms in total. The summed E-state index contributed by atoms with van der Waals surface area (Å²) in [5.41, 5.74) is 0.813. The molecule has 0 aliphatic carbocycles. The molecule has 0 aliphatic heterocycles. The average molecular weight is 447 g/mol. The van der Waals surface area contributed by atoms with Gasteiger partial charge >= 0.3 is 0 Å². The number of hydrogen-bond donors (Lipinski definition) is 1. The molecule has 0 saturated carbocycles. The minimum atomic E-state index is -0.596. The predicted octanol–water partition coefficient (Wildman–Crippen LogP) is 4.56. The van der Waals surface area contributed by atoms with Crippen LogP contribution in [-0.4, -0.2) is 19.6 Å². The topological polar surface area (TPSA) is 95.1 Å². The summed E-state index contributed by atoms with van der Waals surface area (Å²) in [4.78, 5) is 12.4. The van der Waals surface area contributed by atoms with Crippen molar-refractivity contribution in [2.75, 3.05) is 19.0 Å². The summed E-state index contributed by atoms with van der Waals surface area (Å²) in [6.45, 7) is -0.137. The molecule has 0 fully saturated rings. The van der Waals surface area contributed by atoms with E-state index >= 15 is 0 Å². The first kappa shape index (κ1) is 20.3. The van der Waals surface area contributed by atoms with Gasteiger partial charge in [0, 0.05) is 4.47 Å². The lowest BCUT2D eigenvalue weighted by Crippen LogP contribution is -2.13. The molecule has 0 saturated heterocycles. The molecule has 2 aromatic rings. The predicted molar refractivity (Wildman–Crippen MR) is 105 cm³/mol. The highest BCUT2D eigenvalue weighted by molar-refractivity contribution is 9.10. The summed E-state index contributed by atoms with van der Waals surface area (Å²) in [5.74, 6) is 0.131. The third-order valence-corrected chi connectivity index (χ3v) is 4.38. The Morgan fingerprint density at radius 2 is 2.04 bits per heavy atom. The van der Waals surface area contributed by atoms with E-state index in [1.165, 1.54) is 13.2 Å². The van der Waals surface area contributed by atoms with Crippen LogP contribution in [0, 0.1) is 22.7 Å². The summed E-state index contributed by atoms with van der Waals surface area (Å²) in [7, 11) is 1.45. The van der Waals surface area contributed by atoms with Crippen molar-refractivity contribution in [2.24, 2.45) is 0 Å². The van der Waals surface area contributed by atoms with E-state index in [1.54, 1.807) is 36.4 Å². The molecule has 2 aromatic carbocycles. The fraction of sp³-hybridized carbons (Fsp3) is 0.105. The molecule has 0 aliphatic rings. The monoisotopic (exact) mass is 445 g/mol. The van der Waals surface area contributed by atoms with Crippen LogP contribution in [0.15, 0.2) is 46.4 Å². The van der Waals surface area contributed by atoms with Crippen LogP contribution in [0.25, 0.3) is 6.08 Å². The minimum absolute atomic E-state index is 0.122. The highest BCUT2D eigenvalue weighted by Crippen LogP contribution is 2.34. The number of carbonyl (C=O) groups is 1. The van der Waals surface area contributed by atoms with E-state index in [2.05, 4.69) is 21.2 Å². The van der Waals surface area contributed by atoms with E-state index in [0.29, 0.717) is 32.2 Å². The van der Waals surface area contributed by atoms with Gasteiger partial charge in [-0.1, -0.05) is 39.7 Å².